The summed E-state index contributed by atoms with van der Waals surface area (Å²) in [6.45, 7) is 8.92. The van der Waals surface area contributed by atoms with Crippen molar-refractivity contribution in [3.8, 4) is 69.3 Å². The van der Waals surface area contributed by atoms with Crippen LogP contribution in [0.5, 0.6) is 11.5 Å². The van der Waals surface area contributed by atoms with E-state index in [4.69, 9.17) is 28.5 Å². The molecule has 0 aliphatic heterocycles. The summed E-state index contributed by atoms with van der Waals surface area (Å²) in [6, 6.07) is 28.0. The predicted molar refractivity (Wildman–Crippen MR) is 233 cm³/mol. The normalized spacial score (nSPS) is 16.0. The lowest BCUT2D eigenvalue weighted by atomic mass is 10.0. The van der Waals surface area contributed by atoms with E-state index in [2.05, 4.69) is 50.1 Å². The zero-order valence-electron chi connectivity index (χ0n) is 35.5. The van der Waals surface area contributed by atoms with Crippen molar-refractivity contribution in [2.45, 2.75) is 77.2 Å². The van der Waals surface area contributed by atoms with Gasteiger partial charge in [0.15, 0.2) is 0 Å². The molecule has 62 heavy (non-hydrogen) atoms. The number of rotatable bonds is 18. The van der Waals surface area contributed by atoms with Crippen molar-refractivity contribution >= 4 is 0 Å². The smallest absolute Gasteiger partial charge is 0.258 e. The fourth-order valence-electron chi connectivity index (χ4n) is 8.59. The summed E-state index contributed by atoms with van der Waals surface area (Å²) in [5.74, 6) is 2.78. The van der Waals surface area contributed by atoms with Crippen LogP contribution in [-0.4, -0.2) is 82.3 Å². The fourth-order valence-corrected chi connectivity index (χ4v) is 8.59. The van der Waals surface area contributed by atoms with Gasteiger partial charge in [-0.2, -0.15) is 20.5 Å². The Kier molecular flexibility index (Phi) is 13.0. The highest BCUT2D eigenvalue weighted by molar-refractivity contribution is 5.68. The number of ether oxygens (including phenoxy) is 2. The number of nitriles is 2. The summed E-state index contributed by atoms with van der Waals surface area (Å²) in [4.78, 5) is 11.6. The van der Waals surface area contributed by atoms with E-state index >= 15 is 0 Å². The van der Waals surface area contributed by atoms with Gasteiger partial charge in [-0.05, 0) is 125 Å². The Labute approximate surface area is 361 Å². The van der Waals surface area contributed by atoms with Crippen LogP contribution in [0.1, 0.15) is 85.5 Å². The van der Waals surface area contributed by atoms with E-state index in [1.165, 1.54) is 22.3 Å². The van der Waals surface area contributed by atoms with Crippen LogP contribution in [0.25, 0.3) is 45.7 Å². The highest BCUT2D eigenvalue weighted by atomic mass is 16.5. The van der Waals surface area contributed by atoms with E-state index < -0.39 is 0 Å². The maximum atomic E-state index is 10.0. The van der Waals surface area contributed by atoms with Crippen LogP contribution in [-0.2, 0) is 12.8 Å². The first-order chi connectivity index (χ1) is 30.2. The molecule has 2 aliphatic rings. The number of aromatic nitrogens is 4. The topological polar surface area (TPSA) is 191 Å². The lowest BCUT2D eigenvalue weighted by Gasteiger charge is -2.24. The molecule has 0 fully saturated rings. The molecule has 0 saturated heterocycles. The second-order valence-electron chi connectivity index (χ2n) is 16.2. The Balaban J connectivity index is 0.807. The monoisotopic (exact) mass is 833 g/mol. The first-order valence-corrected chi connectivity index (χ1v) is 21.3. The lowest BCUT2D eigenvalue weighted by Crippen LogP contribution is -2.31. The minimum atomic E-state index is -0.124. The second kappa shape index (κ2) is 19.1. The molecule has 14 nitrogen and oxygen atoms in total. The molecule has 2 heterocycles. The van der Waals surface area contributed by atoms with E-state index in [0.29, 0.717) is 63.7 Å². The SMILES string of the molecule is CC(C)Oc1ccc(-c2nc(-c3cccc4c3CCC4NCCNCCC(C)Oc3ccc(-c4nc(-c5cccc6c5CCC6N(C)CCO)no4)cc3C#N)no2)cc1C#N. The number of nitrogens with zero attached hydrogens (tertiary/aromatic N) is 7. The molecule has 3 N–H and O–H groups in total. The number of aliphatic hydroxyl groups excluding tert-OH is 1. The van der Waals surface area contributed by atoms with Crippen molar-refractivity contribution in [2.24, 2.45) is 0 Å². The van der Waals surface area contributed by atoms with Gasteiger partial charge in [0.25, 0.3) is 11.8 Å². The Morgan fingerprint density at radius 2 is 1.37 bits per heavy atom. The fraction of sp³-hybridized carbons (Fsp3) is 0.375. The molecule has 3 unspecified atom stereocenters. The summed E-state index contributed by atoms with van der Waals surface area (Å²) in [7, 11) is 2.04. The molecular formula is C48H51N9O5. The molecule has 3 atom stereocenters. The number of nitrogens with one attached hydrogen (secondary N) is 2. The maximum absolute atomic E-state index is 10.0. The van der Waals surface area contributed by atoms with Gasteiger partial charge >= 0.3 is 0 Å². The van der Waals surface area contributed by atoms with Crippen LogP contribution in [0, 0.1) is 22.7 Å². The molecule has 4 aromatic carbocycles. The van der Waals surface area contributed by atoms with E-state index in [1.54, 1.807) is 24.3 Å². The van der Waals surface area contributed by atoms with Crippen molar-refractivity contribution in [3.63, 3.8) is 0 Å². The Bertz CT molecular complexity index is 2610. The predicted octanol–water partition coefficient (Wildman–Crippen LogP) is 7.59. The van der Waals surface area contributed by atoms with Crippen LogP contribution in [0.3, 0.4) is 0 Å². The van der Waals surface area contributed by atoms with Gasteiger partial charge in [-0.25, -0.2) is 0 Å². The minimum Gasteiger partial charge on any atom is -0.490 e. The Hall–Kier alpha value is -6.42. The Morgan fingerprint density at radius 1 is 0.774 bits per heavy atom. The number of aliphatic hydroxyl groups is 1. The standard InChI is InChI=1S/C48H51N9O5/c1-29(2)59-43-17-11-31(25-33(43)27-49)47-53-45(55-61-47)39-9-5-7-37-35(39)13-15-41(37)52-22-21-51-20-19-30(3)60-44-18-12-32(26-34(44)28-50)48-54-46(56-62-48)40-10-6-8-38-36(40)14-16-42(38)57(4)23-24-58/h5-12,17-18,25-26,29-30,41-42,51-52,58H,13-16,19-24H2,1-4H3. The summed E-state index contributed by atoms with van der Waals surface area (Å²) >= 11 is 0. The largest absolute Gasteiger partial charge is 0.490 e. The molecule has 14 heteroatoms. The third kappa shape index (κ3) is 9.10. The van der Waals surface area contributed by atoms with Gasteiger partial charge < -0.3 is 34.3 Å². The first kappa shape index (κ1) is 42.3. The summed E-state index contributed by atoms with van der Waals surface area (Å²) in [5, 5.41) is 45.0. The van der Waals surface area contributed by atoms with Crippen molar-refractivity contribution in [1.29, 1.82) is 10.5 Å². The average Bonchev–Trinajstić information content (AvgIpc) is 4.12. The first-order valence-electron chi connectivity index (χ1n) is 21.3. The van der Waals surface area contributed by atoms with Crippen molar-refractivity contribution in [2.75, 3.05) is 39.8 Å². The number of hydrogen-bond donors (Lipinski definition) is 3. The number of hydrogen-bond acceptors (Lipinski definition) is 14. The number of likely N-dealkylation sites (N-methyl/N-ethyl adjacent to an activating group) is 1. The zero-order chi connectivity index (χ0) is 43.2. The summed E-state index contributed by atoms with van der Waals surface area (Å²) in [5.41, 5.74) is 8.93. The highest BCUT2D eigenvalue weighted by Crippen LogP contribution is 2.41. The van der Waals surface area contributed by atoms with Gasteiger partial charge in [0.2, 0.25) is 11.6 Å². The number of benzene rings is 4. The van der Waals surface area contributed by atoms with Crippen LogP contribution in [0.2, 0.25) is 0 Å². The molecule has 318 valence electrons. The molecule has 2 aromatic heterocycles. The van der Waals surface area contributed by atoms with Crippen LogP contribution in [0.4, 0.5) is 0 Å². The summed E-state index contributed by atoms with van der Waals surface area (Å²) < 4.78 is 23.4. The zero-order valence-corrected chi connectivity index (χ0v) is 35.5. The molecule has 8 rings (SSSR count). The number of fused-ring (bicyclic) bond motifs is 2. The van der Waals surface area contributed by atoms with E-state index in [1.807, 2.05) is 64.2 Å². The molecule has 0 bridgehead atoms. The average molecular weight is 834 g/mol. The van der Waals surface area contributed by atoms with Crippen LogP contribution < -0.4 is 20.1 Å². The second-order valence-corrected chi connectivity index (χ2v) is 16.2. The van der Waals surface area contributed by atoms with Gasteiger partial charge in [-0.1, -0.05) is 46.7 Å². The molecule has 0 saturated carbocycles. The van der Waals surface area contributed by atoms with Crippen LogP contribution in [0.15, 0.2) is 81.8 Å². The van der Waals surface area contributed by atoms with Gasteiger partial charge in [-0.3, -0.25) is 4.90 Å². The minimum absolute atomic E-state index is 0.0467. The van der Waals surface area contributed by atoms with E-state index in [0.717, 1.165) is 62.9 Å². The van der Waals surface area contributed by atoms with Crippen LogP contribution >= 0.6 is 0 Å². The third-order valence-electron chi connectivity index (χ3n) is 11.6. The van der Waals surface area contributed by atoms with Gasteiger partial charge in [0.1, 0.15) is 23.6 Å². The molecular weight excluding hydrogens is 783 g/mol. The highest BCUT2D eigenvalue weighted by Gasteiger charge is 2.30. The van der Waals surface area contributed by atoms with E-state index in [-0.39, 0.29) is 30.9 Å². The molecule has 6 aromatic rings. The van der Waals surface area contributed by atoms with E-state index in [9.17, 15) is 15.6 Å². The van der Waals surface area contributed by atoms with Gasteiger partial charge in [0.05, 0.1) is 29.9 Å². The third-order valence-corrected chi connectivity index (χ3v) is 11.6. The van der Waals surface area contributed by atoms with Gasteiger partial charge in [0, 0.05) is 54.0 Å². The van der Waals surface area contributed by atoms with Crippen molar-refractivity contribution < 1.29 is 23.6 Å². The van der Waals surface area contributed by atoms with Crippen molar-refractivity contribution in [1.82, 2.24) is 35.8 Å². The maximum Gasteiger partial charge on any atom is 0.258 e. The molecule has 0 spiro atoms. The lowest BCUT2D eigenvalue weighted by molar-refractivity contribution is 0.180. The van der Waals surface area contributed by atoms with Gasteiger partial charge in [-0.15, -0.1) is 0 Å². The van der Waals surface area contributed by atoms with Crippen molar-refractivity contribution in [3.05, 3.63) is 106 Å². The quantitative estimate of drug-likeness (QED) is 0.0718. The molecule has 0 radical (unpaired) electrons. The molecule has 0 amide bonds. The Morgan fingerprint density at radius 3 is 1.98 bits per heavy atom. The summed E-state index contributed by atoms with van der Waals surface area (Å²) in [6.07, 6.45) is 4.32. The molecule has 2 aliphatic carbocycles.